The van der Waals surface area contributed by atoms with Crippen LogP contribution < -0.4 is 0 Å². The summed E-state index contributed by atoms with van der Waals surface area (Å²) in [4.78, 5) is 0. The first-order chi connectivity index (χ1) is 16.4. The Kier molecular flexibility index (Phi) is 7.55. The van der Waals surface area contributed by atoms with Gasteiger partial charge >= 0.3 is 37.9 Å². The molecule has 2 aromatic carbocycles. The van der Waals surface area contributed by atoms with Crippen molar-refractivity contribution >= 4 is 37.3 Å². The summed E-state index contributed by atoms with van der Waals surface area (Å²) in [7, 11) is 7.92. The predicted octanol–water partition coefficient (Wildman–Crippen LogP) is 8.37. The van der Waals surface area contributed by atoms with Crippen LogP contribution in [0.4, 0.5) is 0 Å². The number of allylic oxidation sites excluding steroid dienone is 2. The summed E-state index contributed by atoms with van der Waals surface area (Å²) in [5.74, 6) is 8.59. The first kappa shape index (κ1) is 25.3. The van der Waals surface area contributed by atoms with Crippen molar-refractivity contribution in [3.63, 3.8) is 0 Å². The van der Waals surface area contributed by atoms with Crippen LogP contribution in [0.5, 0.6) is 0 Å². The summed E-state index contributed by atoms with van der Waals surface area (Å²) in [5.41, 5.74) is 8.58. The van der Waals surface area contributed by atoms with Crippen molar-refractivity contribution < 1.29 is 20.8 Å². The SMILES string of the molecule is C[C]1[CH][C]2[C](C=Cc3ccccc32)[C]1[Si](C)(C)[C]1[C](C)[CH][C]2[C]1C=Cc1ccccc12.[Cl][Zr+2][Cl]. The molecule has 2 fully saturated rings. The molecule has 0 atom stereocenters. The summed E-state index contributed by atoms with van der Waals surface area (Å²) in [6.07, 6.45) is 14.2. The van der Waals surface area contributed by atoms with Crippen LogP contribution in [0.1, 0.15) is 36.1 Å². The van der Waals surface area contributed by atoms with Crippen LogP contribution in [-0.4, -0.2) is 8.07 Å². The van der Waals surface area contributed by atoms with E-state index in [2.05, 4.69) is 113 Å². The number of benzene rings is 2. The van der Waals surface area contributed by atoms with Crippen molar-refractivity contribution in [2.45, 2.75) is 26.9 Å². The number of hydrogen-bond acceptors (Lipinski definition) is 0. The fourth-order valence-corrected chi connectivity index (χ4v) is 10.3. The van der Waals surface area contributed by atoms with Crippen molar-refractivity contribution in [2.24, 2.45) is 0 Å². The van der Waals surface area contributed by atoms with E-state index in [0.717, 1.165) is 0 Å². The van der Waals surface area contributed by atoms with E-state index < -0.39 is 28.9 Å². The van der Waals surface area contributed by atoms with E-state index in [1.54, 1.807) is 11.1 Å². The van der Waals surface area contributed by atoms with Gasteiger partial charge in [-0.1, -0.05) is 99.8 Å². The van der Waals surface area contributed by atoms with Gasteiger partial charge in [0, 0.05) is 23.7 Å². The van der Waals surface area contributed by atoms with E-state index in [1.807, 2.05) is 0 Å². The number of fused-ring (bicyclic) bond motifs is 6. The van der Waals surface area contributed by atoms with Gasteiger partial charge in [-0.25, -0.2) is 0 Å². The molecule has 2 aromatic rings. The zero-order valence-corrected chi connectivity index (χ0v) is 24.8. The molecule has 4 aliphatic rings. The monoisotopic (exact) mass is 574 g/mol. The summed E-state index contributed by atoms with van der Waals surface area (Å²) >= 11 is -0.826. The molecule has 0 N–H and O–H groups in total. The molecule has 0 amide bonds. The van der Waals surface area contributed by atoms with Gasteiger partial charge < -0.3 is 0 Å². The standard InChI is InChI=1S/C30H26Si.2ClH.Zr/c1-19-17-27-23-11-7-5-9-21(23)13-15-25(27)29(19)31(3,4)30-20(2)18-28-24-12-8-6-10-22(24)14-16-26(28)30;;;/h5-18H,1-4H3;2*1H;/q;;;+4/p-2. The Morgan fingerprint density at radius 2 is 0.971 bits per heavy atom. The Morgan fingerprint density at radius 3 is 1.38 bits per heavy atom. The van der Waals surface area contributed by atoms with Gasteiger partial charge in [0.25, 0.3) is 0 Å². The minimum atomic E-state index is -1.94. The average molecular weight is 577 g/mol. The minimum absolute atomic E-state index is 0.826. The third-order valence-electron chi connectivity index (χ3n) is 7.24. The molecular formula is C30H26Cl2SiZr+2. The zero-order chi connectivity index (χ0) is 24.0. The molecule has 0 spiro atoms. The fourth-order valence-electron chi connectivity index (χ4n) is 6.12. The van der Waals surface area contributed by atoms with Crippen molar-refractivity contribution in [1.82, 2.24) is 0 Å². The molecule has 166 valence electrons. The van der Waals surface area contributed by atoms with Gasteiger partial charge in [0.1, 0.15) is 0 Å². The van der Waals surface area contributed by atoms with Crippen molar-refractivity contribution in [3.05, 3.63) is 142 Å². The van der Waals surface area contributed by atoms with Crippen molar-refractivity contribution in [3.8, 4) is 0 Å². The first-order valence-corrected chi connectivity index (χ1v) is 20.8. The van der Waals surface area contributed by atoms with Gasteiger partial charge in [-0.2, -0.15) is 0 Å². The van der Waals surface area contributed by atoms with Crippen LogP contribution in [0.2, 0.25) is 13.1 Å². The number of rotatable bonds is 2. The summed E-state index contributed by atoms with van der Waals surface area (Å²) in [6, 6.07) is 17.6. The Labute approximate surface area is 225 Å². The maximum absolute atomic E-state index is 4.93. The molecule has 0 aromatic heterocycles. The normalized spacial score (nSPS) is 22.1. The molecule has 4 heteroatoms. The number of halogens is 2. The van der Waals surface area contributed by atoms with E-state index in [9.17, 15) is 0 Å². The Morgan fingerprint density at radius 1 is 0.588 bits per heavy atom. The molecule has 0 heterocycles. The second kappa shape index (κ2) is 10.2. The van der Waals surface area contributed by atoms with Crippen LogP contribution in [0, 0.1) is 59.4 Å². The van der Waals surface area contributed by atoms with Crippen LogP contribution in [0.3, 0.4) is 0 Å². The van der Waals surface area contributed by atoms with Crippen LogP contribution in [0.25, 0.3) is 12.2 Å². The van der Waals surface area contributed by atoms with Crippen LogP contribution in [-0.2, 0) is 20.8 Å². The number of hydrogen-bond donors (Lipinski definition) is 0. The van der Waals surface area contributed by atoms with Crippen molar-refractivity contribution in [1.29, 1.82) is 0 Å². The van der Waals surface area contributed by atoms with Gasteiger partial charge in [0.2, 0.25) is 0 Å². The van der Waals surface area contributed by atoms with Crippen LogP contribution in [0.15, 0.2) is 60.7 Å². The average Bonchev–Trinajstić information content (AvgIpc) is 3.36. The summed E-state index contributed by atoms with van der Waals surface area (Å²) in [5, 5.41) is 0. The molecule has 0 nitrogen and oxygen atoms in total. The second-order valence-corrected chi connectivity index (χ2v) is 17.6. The predicted molar refractivity (Wildman–Crippen MR) is 144 cm³/mol. The van der Waals surface area contributed by atoms with Crippen molar-refractivity contribution in [2.75, 3.05) is 0 Å². The van der Waals surface area contributed by atoms with E-state index in [4.69, 9.17) is 17.0 Å². The summed E-state index contributed by atoms with van der Waals surface area (Å²) < 4.78 is 0. The molecule has 0 aliphatic heterocycles. The first-order valence-electron chi connectivity index (χ1n) is 11.5. The molecule has 0 unspecified atom stereocenters. The molecule has 2 saturated carbocycles. The Balaban J connectivity index is 0.000000764. The van der Waals surface area contributed by atoms with Gasteiger partial charge in [-0.05, 0) is 58.0 Å². The van der Waals surface area contributed by atoms with E-state index in [0.29, 0.717) is 0 Å². The van der Waals surface area contributed by atoms with Gasteiger partial charge in [0.15, 0.2) is 0 Å². The zero-order valence-electron chi connectivity index (χ0n) is 19.8. The Bertz CT molecular complexity index is 1010. The molecule has 4 aliphatic carbocycles. The second-order valence-electron chi connectivity index (χ2n) is 9.60. The third kappa shape index (κ3) is 4.23. The quantitative estimate of drug-likeness (QED) is 0.315. The topological polar surface area (TPSA) is 0 Å². The van der Waals surface area contributed by atoms with Gasteiger partial charge in [-0.3, -0.25) is 0 Å². The van der Waals surface area contributed by atoms with E-state index >= 15 is 0 Å². The molecule has 0 saturated heterocycles. The molecule has 10 radical (unpaired) electrons. The fraction of sp³-hybridized carbons (Fsp3) is 0.133. The van der Waals surface area contributed by atoms with Gasteiger partial charge in [0.05, 0.1) is 8.07 Å². The summed E-state index contributed by atoms with van der Waals surface area (Å²) in [6.45, 7) is 9.71. The van der Waals surface area contributed by atoms with Crippen LogP contribution >= 0.6 is 17.0 Å². The maximum atomic E-state index is 4.93. The van der Waals surface area contributed by atoms with E-state index in [-0.39, 0.29) is 0 Å². The molecule has 34 heavy (non-hydrogen) atoms. The Hall–Kier alpha value is -0.400. The van der Waals surface area contributed by atoms with E-state index in [1.165, 1.54) is 57.8 Å². The molecule has 0 bridgehead atoms. The van der Waals surface area contributed by atoms with Gasteiger partial charge in [-0.15, -0.1) is 0 Å². The molecule has 6 rings (SSSR count). The third-order valence-corrected chi connectivity index (χ3v) is 11.1. The molecular weight excluding hydrogens is 551 g/mol.